The molecule has 172 valence electrons. The van der Waals surface area contributed by atoms with Crippen molar-refractivity contribution in [3.05, 3.63) is 64.3 Å². The summed E-state index contributed by atoms with van der Waals surface area (Å²) in [5.74, 6) is -0.401. The van der Waals surface area contributed by atoms with E-state index in [0.29, 0.717) is 21.6 Å². The highest BCUT2D eigenvalue weighted by Gasteiger charge is 2.23. The smallest absolute Gasteiger partial charge is 0.351 e. The average Bonchev–Trinajstić information content (AvgIpc) is 3.38. The fourth-order valence-electron chi connectivity index (χ4n) is 3.30. The van der Waals surface area contributed by atoms with E-state index in [0.717, 1.165) is 17.6 Å². The van der Waals surface area contributed by atoms with E-state index in [9.17, 15) is 18.3 Å². The number of rotatable bonds is 6. The van der Waals surface area contributed by atoms with Crippen LogP contribution in [-0.4, -0.2) is 42.4 Å². The van der Waals surface area contributed by atoms with Gasteiger partial charge in [0.25, 0.3) is 0 Å². The van der Waals surface area contributed by atoms with Gasteiger partial charge < -0.3 is 14.6 Å². The number of carbonyl (C=O) groups excluding carboxylic acids is 1. The number of fused-ring (bicyclic) bond motifs is 1. The minimum Gasteiger partial charge on any atom is -0.506 e. The van der Waals surface area contributed by atoms with Crippen molar-refractivity contribution >= 4 is 49.8 Å². The highest BCUT2D eigenvalue weighted by molar-refractivity contribution is 7.90. The van der Waals surface area contributed by atoms with Crippen molar-refractivity contribution in [3.8, 4) is 16.5 Å². The first-order valence-corrected chi connectivity index (χ1v) is 12.7. The molecule has 2 aromatic carbocycles. The van der Waals surface area contributed by atoms with Crippen LogP contribution in [0.4, 0.5) is 0 Å². The standard InChI is InChI=1S/C22H19ClN2O6S2/c1-12(14-5-4-6-17(26)20(14)23)31-18-10-19(32-21(18)22(27)30-2)25-11-24-15-8-7-13(9-16(15)25)33(3,28)29/h4-12,26H,1-3H3. The van der Waals surface area contributed by atoms with Gasteiger partial charge in [-0.05, 0) is 31.2 Å². The molecule has 1 atom stereocenters. The van der Waals surface area contributed by atoms with Crippen LogP contribution < -0.4 is 4.74 Å². The number of sulfone groups is 1. The maximum absolute atomic E-state index is 12.4. The van der Waals surface area contributed by atoms with Crippen LogP contribution >= 0.6 is 22.9 Å². The molecule has 4 aromatic rings. The highest BCUT2D eigenvalue weighted by Crippen LogP contribution is 2.39. The molecule has 8 nitrogen and oxygen atoms in total. The van der Waals surface area contributed by atoms with E-state index < -0.39 is 21.9 Å². The zero-order chi connectivity index (χ0) is 23.9. The number of hydrogen-bond donors (Lipinski definition) is 1. The lowest BCUT2D eigenvalue weighted by Gasteiger charge is -2.16. The third kappa shape index (κ3) is 4.41. The molecule has 2 aromatic heterocycles. The molecule has 33 heavy (non-hydrogen) atoms. The van der Waals surface area contributed by atoms with Crippen LogP contribution in [0.1, 0.15) is 28.3 Å². The second-order valence-corrected chi connectivity index (χ2v) is 10.7. The Hall–Kier alpha value is -3.08. The minimum absolute atomic E-state index is 0.0737. The van der Waals surface area contributed by atoms with Crippen molar-refractivity contribution in [3.63, 3.8) is 0 Å². The molecule has 0 saturated heterocycles. The third-order valence-electron chi connectivity index (χ3n) is 4.99. The second kappa shape index (κ2) is 8.69. The Kier molecular flexibility index (Phi) is 6.08. The Labute approximate surface area is 198 Å². The topological polar surface area (TPSA) is 108 Å². The number of hydrogen-bond acceptors (Lipinski definition) is 8. The van der Waals surface area contributed by atoms with Gasteiger partial charge in [-0.15, -0.1) is 11.3 Å². The van der Waals surface area contributed by atoms with E-state index in [1.807, 2.05) is 0 Å². The molecular weight excluding hydrogens is 488 g/mol. The predicted molar refractivity (Wildman–Crippen MR) is 126 cm³/mol. The Morgan fingerprint density at radius 1 is 1.24 bits per heavy atom. The number of thiophene rings is 1. The first-order valence-electron chi connectivity index (χ1n) is 9.64. The Bertz CT molecular complexity index is 1480. The minimum atomic E-state index is -3.42. The fourth-order valence-corrected chi connectivity index (χ4v) is 5.22. The van der Waals surface area contributed by atoms with Crippen LogP contribution in [0, 0.1) is 0 Å². The maximum atomic E-state index is 12.4. The summed E-state index contributed by atoms with van der Waals surface area (Å²) in [6.07, 6.45) is 2.09. The Morgan fingerprint density at radius 2 is 2.00 bits per heavy atom. The number of aromatic hydroxyl groups is 1. The molecule has 0 saturated carbocycles. The van der Waals surface area contributed by atoms with Crippen LogP contribution in [-0.2, 0) is 14.6 Å². The van der Waals surface area contributed by atoms with Gasteiger partial charge in [0.15, 0.2) is 14.7 Å². The van der Waals surface area contributed by atoms with E-state index in [2.05, 4.69) is 4.98 Å². The average molecular weight is 507 g/mol. The first kappa shape index (κ1) is 23.1. The fraction of sp³-hybridized carbons (Fsp3) is 0.182. The maximum Gasteiger partial charge on any atom is 0.351 e. The number of phenolic OH excluding ortho intramolecular Hbond substituents is 1. The number of nitrogens with zero attached hydrogens (tertiary/aromatic N) is 2. The molecule has 0 aliphatic rings. The Balaban J connectivity index is 1.79. The molecule has 0 bridgehead atoms. The second-order valence-electron chi connectivity index (χ2n) is 7.25. The van der Waals surface area contributed by atoms with Gasteiger partial charge in [0, 0.05) is 17.9 Å². The number of esters is 1. The van der Waals surface area contributed by atoms with Crippen molar-refractivity contribution in [2.75, 3.05) is 13.4 Å². The molecule has 2 heterocycles. The van der Waals surface area contributed by atoms with E-state index in [1.165, 1.54) is 25.3 Å². The number of carbonyl (C=O) groups is 1. The quantitative estimate of drug-likeness (QED) is 0.375. The largest absolute Gasteiger partial charge is 0.506 e. The van der Waals surface area contributed by atoms with Gasteiger partial charge in [0.05, 0.1) is 28.1 Å². The molecular formula is C22H19ClN2O6S2. The summed E-state index contributed by atoms with van der Waals surface area (Å²) in [7, 11) is -2.15. The lowest BCUT2D eigenvalue weighted by molar-refractivity contribution is 0.0600. The first-order chi connectivity index (χ1) is 15.6. The van der Waals surface area contributed by atoms with Gasteiger partial charge in [-0.3, -0.25) is 4.57 Å². The molecule has 0 radical (unpaired) electrons. The van der Waals surface area contributed by atoms with Gasteiger partial charge in [0.2, 0.25) is 0 Å². The summed E-state index contributed by atoms with van der Waals surface area (Å²) in [6, 6.07) is 11.1. The number of phenols is 1. The van der Waals surface area contributed by atoms with E-state index in [-0.39, 0.29) is 26.3 Å². The molecule has 0 spiro atoms. The molecule has 1 unspecified atom stereocenters. The monoisotopic (exact) mass is 506 g/mol. The lowest BCUT2D eigenvalue weighted by Crippen LogP contribution is -2.07. The molecule has 4 rings (SSSR count). The van der Waals surface area contributed by atoms with Crippen molar-refractivity contribution in [2.45, 2.75) is 17.9 Å². The van der Waals surface area contributed by atoms with Crippen LogP contribution in [0.5, 0.6) is 11.5 Å². The number of halogens is 1. The Morgan fingerprint density at radius 3 is 2.70 bits per heavy atom. The van der Waals surface area contributed by atoms with Crippen molar-refractivity contribution in [1.29, 1.82) is 0 Å². The molecule has 0 aliphatic heterocycles. The van der Waals surface area contributed by atoms with E-state index in [4.69, 9.17) is 21.1 Å². The van der Waals surface area contributed by atoms with Crippen molar-refractivity contribution < 1.29 is 27.8 Å². The number of imidazole rings is 1. The van der Waals surface area contributed by atoms with Crippen LogP contribution in [0.2, 0.25) is 5.02 Å². The normalized spacial score (nSPS) is 12.6. The van der Waals surface area contributed by atoms with Crippen molar-refractivity contribution in [1.82, 2.24) is 9.55 Å². The lowest BCUT2D eigenvalue weighted by atomic mass is 10.1. The van der Waals surface area contributed by atoms with Gasteiger partial charge >= 0.3 is 5.97 Å². The van der Waals surface area contributed by atoms with E-state index >= 15 is 0 Å². The van der Waals surface area contributed by atoms with Crippen LogP contribution in [0.15, 0.2) is 53.7 Å². The van der Waals surface area contributed by atoms with Crippen LogP contribution in [0.3, 0.4) is 0 Å². The van der Waals surface area contributed by atoms with Gasteiger partial charge in [0.1, 0.15) is 28.9 Å². The predicted octanol–water partition coefficient (Wildman–Crippen LogP) is 4.78. The summed E-state index contributed by atoms with van der Waals surface area (Å²) < 4.78 is 36.6. The van der Waals surface area contributed by atoms with Gasteiger partial charge in [-0.25, -0.2) is 18.2 Å². The summed E-state index contributed by atoms with van der Waals surface area (Å²) in [5.41, 5.74) is 1.70. The third-order valence-corrected chi connectivity index (χ3v) is 7.61. The summed E-state index contributed by atoms with van der Waals surface area (Å²) in [6.45, 7) is 1.74. The number of aromatic nitrogens is 2. The van der Waals surface area contributed by atoms with Crippen molar-refractivity contribution in [2.24, 2.45) is 0 Å². The highest BCUT2D eigenvalue weighted by atomic mass is 35.5. The molecule has 1 N–H and O–H groups in total. The summed E-state index contributed by atoms with van der Waals surface area (Å²) in [4.78, 5) is 17.1. The molecule has 0 fully saturated rings. The SMILES string of the molecule is COC(=O)c1sc(-n2cnc3ccc(S(C)(=O)=O)cc32)cc1OC(C)c1cccc(O)c1Cl. The van der Waals surface area contributed by atoms with Gasteiger partial charge in [-0.1, -0.05) is 23.7 Å². The number of methoxy groups -OCH3 is 1. The van der Waals surface area contributed by atoms with Crippen LogP contribution in [0.25, 0.3) is 16.0 Å². The molecule has 0 amide bonds. The zero-order valence-electron chi connectivity index (χ0n) is 17.8. The van der Waals surface area contributed by atoms with Gasteiger partial charge in [-0.2, -0.15) is 0 Å². The summed E-state index contributed by atoms with van der Waals surface area (Å²) in [5, 5.41) is 10.6. The number of benzene rings is 2. The zero-order valence-corrected chi connectivity index (χ0v) is 20.2. The van der Waals surface area contributed by atoms with E-state index in [1.54, 1.807) is 42.1 Å². The summed E-state index contributed by atoms with van der Waals surface area (Å²) >= 11 is 7.32. The molecule has 11 heteroatoms. The number of ether oxygens (including phenoxy) is 2. The molecule has 0 aliphatic carbocycles.